The van der Waals surface area contributed by atoms with Gasteiger partial charge in [-0.15, -0.1) is 0 Å². The Morgan fingerprint density at radius 1 is 1.03 bits per heavy atom. The number of carbonyl (C=O) groups is 2. The highest BCUT2D eigenvalue weighted by atomic mass is 35.5. The minimum absolute atomic E-state index is 0.00996. The van der Waals surface area contributed by atoms with E-state index in [4.69, 9.17) is 16.3 Å². The number of Topliss-reactive ketones (excluding diaryl/α,β-unsaturated/α-hetero) is 1. The fourth-order valence-electron chi connectivity index (χ4n) is 4.50. The number of rotatable bonds is 5. The second-order valence-electron chi connectivity index (χ2n) is 8.39. The van der Waals surface area contributed by atoms with E-state index in [1.165, 1.54) is 0 Å². The lowest BCUT2D eigenvalue weighted by molar-refractivity contribution is -0.141. The van der Waals surface area contributed by atoms with Crippen LogP contribution in [0.5, 0.6) is 5.75 Å². The molecule has 5 nitrogen and oxygen atoms in total. The summed E-state index contributed by atoms with van der Waals surface area (Å²) < 4.78 is 5.66. The van der Waals surface area contributed by atoms with Gasteiger partial charge in [0.05, 0.1) is 17.7 Å². The van der Waals surface area contributed by atoms with E-state index in [1.807, 2.05) is 26.0 Å². The van der Waals surface area contributed by atoms with Crippen molar-refractivity contribution in [3.63, 3.8) is 0 Å². The SMILES string of the molecule is CC(C)Oc1ccc(/C(O)=C2/C(=O)C(=O)N(C3CCCC3)C2c2ccc(Cl)cc2)cc1. The fourth-order valence-corrected chi connectivity index (χ4v) is 4.63. The quantitative estimate of drug-likeness (QED) is 0.380. The van der Waals surface area contributed by atoms with Crippen LogP contribution in [0.15, 0.2) is 54.1 Å². The Kier molecular flexibility index (Phi) is 6.05. The number of hydrogen-bond donors (Lipinski definition) is 1. The Morgan fingerprint density at radius 3 is 2.23 bits per heavy atom. The Labute approximate surface area is 187 Å². The van der Waals surface area contributed by atoms with Gasteiger partial charge in [0.1, 0.15) is 11.5 Å². The molecule has 1 atom stereocenters. The second kappa shape index (κ2) is 8.75. The van der Waals surface area contributed by atoms with E-state index in [-0.39, 0.29) is 23.5 Å². The number of halogens is 1. The third kappa shape index (κ3) is 4.19. The van der Waals surface area contributed by atoms with Crippen molar-refractivity contribution in [3.05, 3.63) is 70.3 Å². The molecule has 0 spiro atoms. The van der Waals surface area contributed by atoms with Crippen LogP contribution in [0.3, 0.4) is 0 Å². The van der Waals surface area contributed by atoms with Crippen LogP contribution < -0.4 is 4.74 Å². The first-order chi connectivity index (χ1) is 14.9. The Hall–Kier alpha value is -2.79. The highest BCUT2D eigenvalue weighted by molar-refractivity contribution is 6.46. The minimum Gasteiger partial charge on any atom is -0.507 e. The molecule has 31 heavy (non-hydrogen) atoms. The smallest absolute Gasteiger partial charge is 0.295 e. The largest absolute Gasteiger partial charge is 0.507 e. The number of amides is 1. The molecule has 2 aromatic rings. The number of ketones is 1. The number of benzene rings is 2. The summed E-state index contributed by atoms with van der Waals surface area (Å²) in [6.45, 7) is 3.87. The second-order valence-corrected chi connectivity index (χ2v) is 8.82. The van der Waals surface area contributed by atoms with Gasteiger partial charge >= 0.3 is 0 Å². The highest BCUT2D eigenvalue weighted by Crippen LogP contribution is 2.43. The van der Waals surface area contributed by atoms with Crippen molar-refractivity contribution in [3.8, 4) is 5.75 Å². The first kappa shape index (κ1) is 21.4. The lowest BCUT2D eigenvalue weighted by Crippen LogP contribution is -2.37. The van der Waals surface area contributed by atoms with Gasteiger partial charge in [0.15, 0.2) is 0 Å². The highest BCUT2D eigenvalue weighted by Gasteiger charge is 2.49. The van der Waals surface area contributed by atoms with Gasteiger partial charge in [-0.2, -0.15) is 0 Å². The third-order valence-electron chi connectivity index (χ3n) is 5.88. The summed E-state index contributed by atoms with van der Waals surface area (Å²) in [5, 5.41) is 11.7. The van der Waals surface area contributed by atoms with Crippen LogP contribution in [0.25, 0.3) is 5.76 Å². The number of ether oxygens (including phenoxy) is 1. The topological polar surface area (TPSA) is 66.8 Å². The lowest BCUT2D eigenvalue weighted by atomic mass is 9.94. The zero-order valence-corrected chi connectivity index (χ0v) is 18.4. The maximum atomic E-state index is 13.1. The number of carbonyl (C=O) groups excluding carboxylic acids is 2. The van der Waals surface area contributed by atoms with Crippen LogP contribution in [-0.2, 0) is 9.59 Å². The molecule has 2 fully saturated rings. The Balaban J connectivity index is 1.80. The first-order valence-corrected chi connectivity index (χ1v) is 11.1. The molecule has 1 heterocycles. The molecule has 162 valence electrons. The van der Waals surface area contributed by atoms with Gasteiger partial charge in [0.2, 0.25) is 0 Å². The summed E-state index contributed by atoms with van der Waals surface area (Å²) in [7, 11) is 0. The molecule has 0 radical (unpaired) electrons. The maximum absolute atomic E-state index is 13.1. The van der Waals surface area contributed by atoms with Crippen LogP contribution in [0, 0.1) is 0 Å². The monoisotopic (exact) mass is 439 g/mol. The van der Waals surface area contributed by atoms with Gasteiger partial charge in [-0.25, -0.2) is 0 Å². The van der Waals surface area contributed by atoms with Gasteiger partial charge in [0, 0.05) is 16.6 Å². The third-order valence-corrected chi connectivity index (χ3v) is 6.14. The summed E-state index contributed by atoms with van der Waals surface area (Å²) >= 11 is 6.06. The molecule has 1 unspecified atom stereocenters. The molecule has 2 aliphatic rings. The molecule has 1 aliphatic heterocycles. The molecule has 1 aliphatic carbocycles. The van der Waals surface area contributed by atoms with E-state index in [0.29, 0.717) is 16.3 Å². The summed E-state index contributed by atoms with van der Waals surface area (Å²) in [5.74, 6) is -0.692. The predicted molar refractivity (Wildman–Crippen MR) is 120 cm³/mol. The van der Waals surface area contributed by atoms with Gasteiger partial charge in [0.25, 0.3) is 11.7 Å². The van der Waals surface area contributed by atoms with E-state index in [0.717, 1.165) is 31.2 Å². The number of aliphatic hydroxyl groups is 1. The van der Waals surface area contributed by atoms with Crippen LogP contribution in [-0.4, -0.2) is 33.8 Å². The Morgan fingerprint density at radius 2 is 1.65 bits per heavy atom. The standard InChI is InChI=1S/C25H26ClNO4/c1-15(2)31-20-13-9-17(10-14-20)23(28)21-22(16-7-11-18(26)12-8-16)27(25(30)24(21)29)19-5-3-4-6-19/h7-15,19,22,28H,3-6H2,1-2H3/b23-21-. The van der Waals surface area contributed by atoms with Crippen LogP contribution >= 0.6 is 11.6 Å². The minimum atomic E-state index is -0.646. The van der Waals surface area contributed by atoms with Gasteiger partial charge in [-0.05, 0) is 68.7 Å². The zero-order chi connectivity index (χ0) is 22.1. The molecule has 1 amide bonds. The lowest BCUT2D eigenvalue weighted by Gasteiger charge is -2.30. The van der Waals surface area contributed by atoms with E-state index in [2.05, 4.69) is 0 Å². The summed E-state index contributed by atoms with van der Waals surface area (Å²) in [5.41, 5.74) is 1.35. The van der Waals surface area contributed by atoms with E-state index < -0.39 is 17.7 Å². The molecule has 4 rings (SSSR count). The number of aliphatic hydroxyl groups excluding tert-OH is 1. The van der Waals surface area contributed by atoms with Crippen molar-refractivity contribution in [2.45, 2.75) is 57.7 Å². The molecule has 1 saturated carbocycles. The van der Waals surface area contributed by atoms with Crippen LogP contribution in [0.2, 0.25) is 5.02 Å². The van der Waals surface area contributed by atoms with Crippen molar-refractivity contribution in [2.75, 3.05) is 0 Å². The predicted octanol–water partition coefficient (Wildman–Crippen LogP) is 5.49. The van der Waals surface area contributed by atoms with Gasteiger partial charge in [-0.1, -0.05) is 36.6 Å². The number of nitrogens with zero attached hydrogens (tertiary/aromatic N) is 1. The van der Waals surface area contributed by atoms with Crippen LogP contribution in [0.1, 0.15) is 56.7 Å². The molecule has 1 N–H and O–H groups in total. The summed E-state index contributed by atoms with van der Waals surface area (Å²) in [4.78, 5) is 27.8. The fraction of sp³-hybridized carbons (Fsp3) is 0.360. The van der Waals surface area contributed by atoms with Crippen molar-refractivity contribution in [1.82, 2.24) is 4.90 Å². The average molecular weight is 440 g/mol. The molecular weight excluding hydrogens is 414 g/mol. The van der Waals surface area contributed by atoms with Crippen molar-refractivity contribution in [2.24, 2.45) is 0 Å². The first-order valence-electron chi connectivity index (χ1n) is 10.7. The van der Waals surface area contributed by atoms with Crippen LogP contribution in [0.4, 0.5) is 0 Å². The Bertz CT molecular complexity index is 1000. The van der Waals surface area contributed by atoms with Crippen molar-refractivity contribution in [1.29, 1.82) is 0 Å². The van der Waals surface area contributed by atoms with Crippen molar-refractivity contribution < 1.29 is 19.4 Å². The zero-order valence-electron chi connectivity index (χ0n) is 17.7. The molecule has 1 saturated heterocycles. The maximum Gasteiger partial charge on any atom is 0.295 e. The van der Waals surface area contributed by atoms with E-state index >= 15 is 0 Å². The summed E-state index contributed by atoms with van der Waals surface area (Å²) in [6.07, 6.45) is 3.80. The van der Waals surface area contributed by atoms with E-state index in [9.17, 15) is 14.7 Å². The molecule has 0 bridgehead atoms. The number of likely N-dealkylation sites (tertiary alicyclic amines) is 1. The number of hydrogen-bond acceptors (Lipinski definition) is 4. The van der Waals surface area contributed by atoms with Gasteiger partial charge < -0.3 is 14.7 Å². The molecule has 6 heteroatoms. The molecule has 2 aromatic carbocycles. The van der Waals surface area contributed by atoms with Gasteiger partial charge in [-0.3, -0.25) is 9.59 Å². The summed E-state index contributed by atoms with van der Waals surface area (Å²) in [6, 6.07) is 13.4. The van der Waals surface area contributed by atoms with Crippen molar-refractivity contribution >= 4 is 29.1 Å². The molecule has 0 aromatic heterocycles. The molecular formula is C25H26ClNO4. The van der Waals surface area contributed by atoms with E-state index in [1.54, 1.807) is 41.3 Å². The average Bonchev–Trinajstić information content (AvgIpc) is 3.35. The normalized spacial score (nSPS) is 21.3.